The Morgan fingerprint density at radius 2 is 1.69 bits per heavy atom. The number of rotatable bonds is 13. The smallest absolute Gasteiger partial charge is 0.242 e. The Hall–Kier alpha value is -3.07. The number of methoxy groups -OCH3 is 1. The van der Waals surface area contributed by atoms with Crippen LogP contribution in [0.4, 0.5) is 5.69 Å². The van der Waals surface area contributed by atoms with Crippen LogP contribution in [0.3, 0.4) is 0 Å². The van der Waals surface area contributed by atoms with E-state index in [0.29, 0.717) is 11.4 Å². The normalized spacial score (nSPS) is 12.9. The van der Waals surface area contributed by atoms with Crippen LogP contribution in [0.5, 0.6) is 5.75 Å². The zero-order valence-corrected chi connectivity index (χ0v) is 23.0. The summed E-state index contributed by atoms with van der Waals surface area (Å²) in [5.74, 6) is 0.0121. The number of ether oxygens (including phenoxy) is 1. The maximum absolute atomic E-state index is 13.4. The van der Waals surface area contributed by atoms with E-state index >= 15 is 0 Å². The molecule has 0 saturated heterocycles. The Bertz CT molecular complexity index is 1120. The molecular weight excluding hydrogens is 478 g/mol. The SMILES string of the molecule is CC[C@H](C)NC(=O)[C@@H](C)N(Cc1ccc(C)cc1)C(=O)CCCN(c1ccccc1OC)S(C)(=O)=O. The number of carbonyl (C=O) groups excluding carboxylic acids is 2. The molecule has 2 aromatic carbocycles. The lowest BCUT2D eigenvalue weighted by Gasteiger charge is -2.30. The van der Waals surface area contributed by atoms with Crippen LogP contribution in [0.15, 0.2) is 48.5 Å². The largest absolute Gasteiger partial charge is 0.495 e. The highest BCUT2D eigenvalue weighted by Crippen LogP contribution is 2.29. The molecule has 2 rings (SSSR count). The maximum Gasteiger partial charge on any atom is 0.242 e. The summed E-state index contributed by atoms with van der Waals surface area (Å²) in [7, 11) is -2.12. The van der Waals surface area contributed by atoms with Crippen molar-refractivity contribution in [1.29, 1.82) is 0 Å². The molecule has 2 aromatic rings. The predicted molar refractivity (Wildman–Crippen MR) is 144 cm³/mol. The van der Waals surface area contributed by atoms with Gasteiger partial charge >= 0.3 is 0 Å². The Balaban J connectivity index is 2.19. The Kier molecular flexibility index (Phi) is 10.8. The fraction of sp³-hybridized carbons (Fsp3) is 0.481. The number of benzene rings is 2. The zero-order chi connectivity index (χ0) is 26.9. The summed E-state index contributed by atoms with van der Waals surface area (Å²) >= 11 is 0. The first-order chi connectivity index (χ1) is 17.0. The van der Waals surface area contributed by atoms with Gasteiger partial charge in [-0.05, 0) is 51.3 Å². The van der Waals surface area contributed by atoms with E-state index in [1.165, 1.54) is 11.4 Å². The molecule has 0 aromatic heterocycles. The number of nitrogens with zero attached hydrogens (tertiary/aromatic N) is 2. The summed E-state index contributed by atoms with van der Waals surface area (Å²) in [6.07, 6.45) is 2.29. The van der Waals surface area contributed by atoms with Crippen LogP contribution >= 0.6 is 0 Å². The minimum atomic E-state index is -3.60. The van der Waals surface area contributed by atoms with Crippen molar-refractivity contribution in [3.05, 3.63) is 59.7 Å². The number of hydrogen-bond donors (Lipinski definition) is 1. The third-order valence-electron chi connectivity index (χ3n) is 6.15. The number of aryl methyl sites for hydroxylation is 1. The van der Waals surface area contributed by atoms with E-state index in [1.54, 1.807) is 36.1 Å². The van der Waals surface area contributed by atoms with Crippen molar-refractivity contribution in [2.45, 2.75) is 65.6 Å². The van der Waals surface area contributed by atoms with E-state index in [-0.39, 0.29) is 43.8 Å². The van der Waals surface area contributed by atoms with E-state index in [2.05, 4.69) is 5.32 Å². The number of nitrogens with one attached hydrogen (secondary N) is 1. The highest BCUT2D eigenvalue weighted by atomic mass is 32.2. The number of amides is 2. The third kappa shape index (κ3) is 8.26. The number of carbonyl (C=O) groups is 2. The van der Waals surface area contributed by atoms with Gasteiger partial charge in [-0.2, -0.15) is 0 Å². The van der Waals surface area contributed by atoms with Crippen LogP contribution in [-0.4, -0.2) is 57.1 Å². The fourth-order valence-corrected chi connectivity index (χ4v) is 4.73. The van der Waals surface area contributed by atoms with Gasteiger partial charge in [-0.1, -0.05) is 48.9 Å². The second kappa shape index (κ2) is 13.3. The lowest BCUT2D eigenvalue weighted by atomic mass is 10.1. The van der Waals surface area contributed by atoms with Crippen molar-refractivity contribution in [3.63, 3.8) is 0 Å². The highest BCUT2D eigenvalue weighted by molar-refractivity contribution is 7.92. The van der Waals surface area contributed by atoms with Crippen molar-refractivity contribution >= 4 is 27.5 Å². The standard InChI is InChI=1S/C27H39N3O5S/c1-7-21(3)28-27(32)22(4)29(19-23-16-14-20(2)15-17-23)26(31)13-10-18-30(36(6,33)34)24-11-8-9-12-25(24)35-5/h8-9,11-12,14-17,21-22H,7,10,13,18-19H2,1-6H3,(H,28,32)/t21-,22+/m0/s1. The Labute approximate surface area is 215 Å². The molecule has 2 atom stereocenters. The van der Waals surface area contributed by atoms with E-state index in [0.717, 1.165) is 23.8 Å². The van der Waals surface area contributed by atoms with Gasteiger partial charge in [0.05, 0.1) is 19.1 Å². The molecule has 0 bridgehead atoms. The first kappa shape index (κ1) is 29.2. The Morgan fingerprint density at radius 3 is 2.28 bits per heavy atom. The van der Waals surface area contributed by atoms with Gasteiger partial charge in [-0.3, -0.25) is 13.9 Å². The molecule has 9 heteroatoms. The fourth-order valence-electron chi connectivity index (χ4n) is 3.76. The monoisotopic (exact) mass is 517 g/mol. The first-order valence-corrected chi connectivity index (χ1v) is 14.1. The molecular formula is C27H39N3O5S. The summed E-state index contributed by atoms with van der Waals surface area (Å²) < 4.78 is 31.6. The molecule has 0 heterocycles. The van der Waals surface area contributed by atoms with Gasteiger partial charge in [0.15, 0.2) is 0 Å². The number of hydrogen-bond acceptors (Lipinski definition) is 5. The van der Waals surface area contributed by atoms with Crippen LogP contribution in [0.25, 0.3) is 0 Å². The molecule has 0 fully saturated rings. The topological polar surface area (TPSA) is 96.0 Å². The third-order valence-corrected chi connectivity index (χ3v) is 7.33. The van der Waals surface area contributed by atoms with Gasteiger partial charge in [0.1, 0.15) is 11.8 Å². The molecule has 0 aliphatic heterocycles. The second-order valence-electron chi connectivity index (χ2n) is 9.11. The lowest BCUT2D eigenvalue weighted by Crippen LogP contribution is -2.49. The molecule has 0 radical (unpaired) electrons. The van der Waals surface area contributed by atoms with E-state index < -0.39 is 16.1 Å². The van der Waals surface area contributed by atoms with Gasteiger partial charge in [-0.15, -0.1) is 0 Å². The average molecular weight is 518 g/mol. The van der Waals surface area contributed by atoms with Crippen molar-refractivity contribution in [2.24, 2.45) is 0 Å². The molecule has 198 valence electrons. The van der Waals surface area contributed by atoms with Gasteiger partial charge in [-0.25, -0.2) is 8.42 Å². The molecule has 2 amide bonds. The summed E-state index contributed by atoms with van der Waals surface area (Å²) in [4.78, 5) is 27.8. The van der Waals surface area contributed by atoms with Crippen LogP contribution in [-0.2, 0) is 26.2 Å². The summed E-state index contributed by atoms with van der Waals surface area (Å²) in [6, 6.07) is 14.0. The number of para-hydroxylation sites is 2. The molecule has 1 N–H and O–H groups in total. The minimum Gasteiger partial charge on any atom is -0.495 e. The average Bonchev–Trinajstić information content (AvgIpc) is 2.84. The van der Waals surface area contributed by atoms with Crippen molar-refractivity contribution < 1.29 is 22.7 Å². The molecule has 0 aliphatic rings. The quantitative estimate of drug-likeness (QED) is 0.435. The minimum absolute atomic E-state index is 0.000415. The number of sulfonamides is 1. The molecule has 0 unspecified atom stereocenters. The number of anilines is 1. The molecule has 0 saturated carbocycles. The van der Waals surface area contributed by atoms with E-state index in [1.807, 2.05) is 45.0 Å². The lowest BCUT2D eigenvalue weighted by molar-refractivity contribution is -0.140. The van der Waals surface area contributed by atoms with Crippen LogP contribution < -0.4 is 14.4 Å². The molecule has 36 heavy (non-hydrogen) atoms. The van der Waals surface area contributed by atoms with Gasteiger partial charge in [0.2, 0.25) is 21.8 Å². The summed E-state index contributed by atoms with van der Waals surface area (Å²) in [6.45, 7) is 8.02. The predicted octanol–water partition coefficient (Wildman–Crippen LogP) is 3.88. The maximum atomic E-state index is 13.4. The van der Waals surface area contributed by atoms with Crippen LogP contribution in [0.1, 0.15) is 51.2 Å². The van der Waals surface area contributed by atoms with Crippen molar-refractivity contribution in [3.8, 4) is 5.75 Å². The zero-order valence-electron chi connectivity index (χ0n) is 22.2. The van der Waals surface area contributed by atoms with Crippen molar-refractivity contribution in [2.75, 3.05) is 24.2 Å². The highest BCUT2D eigenvalue weighted by Gasteiger charge is 2.27. The summed E-state index contributed by atoms with van der Waals surface area (Å²) in [5.41, 5.74) is 2.45. The van der Waals surface area contributed by atoms with Crippen LogP contribution in [0.2, 0.25) is 0 Å². The van der Waals surface area contributed by atoms with E-state index in [9.17, 15) is 18.0 Å². The van der Waals surface area contributed by atoms with Crippen LogP contribution in [0, 0.1) is 6.92 Å². The van der Waals surface area contributed by atoms with Gasteiger partial charge in [0, 0.05) is 25.6 Å². The second-order valence-corrected chi connectivity index (χ2v) is 11.0. The summed E-state index contributed by atoms with van der Waals surface area (Å²) in [5, 5.41) is 2.95. The van der Waals surface area contributed by atoms with E-state index in [4.69, 9.17) is 4.74 Å². The Morgan fingerprint density at radius 1 is 1.06 bits per heavy atom. The van der Waals surface area contributed by atoms with Gasteiger partial charge in [0.25, 0.3) is 0 Å². The molecule has 0 spiro atoms. The molecule has 8 nitrogen and oxygen atoms in total. The first-order valence-electron chi connectivity index (χ1n) is 12.2. The van der Waals surface area contributed by atoms with Gasteiger partial charge < -0.3 is 15.0 Å². The molecule has 0 aliphatic carbocycles. The van der Waals surface area contributed by atoms with Crippen molar-refractivity contribution in [1.82, 2.24) is 10.2 Å².